The summed E-state index contributed by atoms with van der Waals surface area (Å²) in [5.74, 6) is -0.295. The SMILES string of the molecule is CCN(CC)C(=O)CN1C(=O)COc2ccc(NC(=O)/C=C/c3ccc(Cl)cc3)cc21. The van der Waals surface area contributed by atoms with Crippen molar-refractivity contribution in [2.24, 2.45) is 0 Å². The Morgan fingerprint density at radius 1 is 1.16 bits per heavy atom. The Morgan fingerprint density at radius 2 is 1.87 bits per heavy atom. The number of amides is 3. The quantitative estimate of drug-likeness (QED) is 0.666. The molecule has 0 saturated carbocycles. The third-order valence-electron chi connectivity index (χ3n) is 4.88. The third kappa shape index (κ3) is 5.64. The minimum Gasteiger partial charge on any atom is -0.482 e. The van der Waals surface area contributed by atoms with Crippen LogP contribution in [0.2, 0.25) is 5.02 Å². The van der Waals surface area contributed by atoms with E-state index < -0.39 is 0 Å². The predicted molar refractivity (Wildman–Crippen MR) is 121 cm³/mol. The normalized spacial score (nSPS) is 13.0. The van der Waals surface area contributed by atoms with Gasteiger partial charge in [-0.2, -0.15) is 0 Å². The van der Waals surface area contributed by atoms with Gasteiger partial charge in [-0.3, -0.25) is 19.3 Å². The molecule has 0 fully saturated rings. The van der Waals surface area contributed by atoms with Crippen molar-refractivity contribution in [3.05, 3.63) is 59.1 Å². The molecular weight excluding hydrogens is 418 g/mol. The van der Waals surface area contributed by atoms with Crippen LogP contribution in [-0.4, -0.2) is 48.9 Å². The van der Waals surface area contributed by atoms with Crippen LogP contribution in [0.5, 0.6) is 5.75 Å². The molecule has 2 aromatic rings. The van der Waals surface area contributed by atoms with Gasteiger partial charge in [0, 0.05) is 29.9 Å². The summed E-state index contributed by atoms with van der Waals surface area (Å²) in [4.78, 5) is 40.3. The van der Waals surface area contributed by atoms with E-state index in [1.165, 1.54) is 11.0 Å². The topological polar surface area (TPSA) is 79.0 Å². The summed E-state index contributed by atoms with van der Waals surface area (Å²) >= 11 is 5.86. The van der Waals surface area contributed by atoms with Gasteiger partial charge in [0.1, 0.15) is 12.3 Å². The Kier molecular flexibility index (Phi) is 7.31. The van der Waals surface area contributed by atoms with Crippen LogP contribution in [0.25, 0.3) is 6.08 Å². The van der Waals surface area contributed by atoms with Crippen LogP contribution in [0.1, 0.15) is 19.4 Å². The highest BCUT2D eigenvalue weighted by Crippen LogP contribution is 2.34. The van der Waals surface area contributed by atoms with E-state index in [0.29, 0.717) is 35.2 Å². The maximum absolute atomic E-state index is 12.5. The van der Waals surface area contributed by atoms with Crippen molar-refractivity contribution in [2.75, 3.05) is 36.5 Å². The first kappa shape index (κ1) is 22.4. The Balaban J connectivity index is 1.75. The van der Waals surface area contributed by atoms with Crippen LogP contribution in [0.4, 0.5) is 11.4 Å². The van der Waals surface area contributed by atoms with Gasteiger partial charge in [-0.05, 0) is 55.8 Å². The van der Waals surface area contributed by atoms with Gasteiger partial charge in [0.25, 0.3) is 5.91 Å². The van der Waals surface area contributed by atoms with Crippen LogP contribution < -0.4 is 15.0 Å². The van der Waals surface area contributed by atoms with E-state index >= 15 is 0 Å². The average Bonchev–Trinajstić information content (AvgIpc) is 2.76. The van der Waals surface area contributed by atoms with Crippen LogP contribution in [-0.2, 0) is 14.4 Å². The summed E-state index contributed by atoms with van der Waals surface area (Å²) in [5, 5.41) is 3.39. The summed E-state index contributed by atoms with van der Waals surface area (Å²) in [6.07, 6.45) is 3.08. The lowest BCUT2D eigenvalue weighted by atomic mass is 10.2. The zero-order valence-electron chi connectivity index (χ0n) is 17.4. The van der Waals surface area contributed by atoms with E-state index in [4.69, 9.17) is 16.3 Å². The number of benzene rings is 2. The molecule has 2 aromatic carbocycles. The summed E-state index contributed by atoms with van der Waals surface area (Å²) in [7, 11) is 0. The summed E-state index contributed by atoms with van der Waals surface area (Å²) in [5.41, 5.74) is 1.78. The number of carbonyl (C=O) groups is 3. The minimum absolute atomic E-state index is 0.0786. The lowest BCUT2D eigenvalue weighted by Crippen LogP contribution is -2.46. The molecule has 0 radical (unpaired) electrons. The molecule has 0 aromatic heterocycles. The number of fused-ring (bicyclic) bond motifs is 1. The molecule has 0 aliphatic carbocycles. The van der Waals surface area contributed by atoms with Crippen LogP contribution in [0.3, 0.4) is 0 Å². The first-order chi connectivity index (χ1) is 14.9. The van der Waals surface area contributed by atoms with Gasteiger partial charge in [0.2, 0.25) is 11.8 Å². The molecule has 0 unspecified atom stereocenters. The van der Waals surface area contributed by atoms with E-state index in [2.05, 4.69) is 5.32 Å². The van der Waals surface area contributed by atoms with E-state index in [-0.39, 0.29) is 30.9 Å². The molecule has 162 valence electrons. The molecule has 31 heavy (non-hydrogen) atoms. The Labute approximate surface area is 186 Å². The van der Waals surface area contributed by atoms with Crippen LogP contribution in [0, 0.1) is 0 Å². The van der Waals surface area contributed by atoms with Crippen molar-refractivity contribution < 1.29 is 19.1 Å². The number of halogens is 1. The second-order valence-electron chi connectivity index (χ2n) is 6.89. The third-order valence-corrected chi connectivity index (χ3v) is 5.13. The molecule has 0 spiro atoms. The number of likely N-dealkylation sites (N-methyl/N-ethyl adjacent to an activating group) is 1. The fourth-order valence-electron chi connectivity index (χ4n) is 3.19. The Bertz CT molecular complexity index is 1000. The van der Waals surface area contributed by atoms with E-state index in [9.17, 15) is 14.4 Å². The Hall–Kier alpha value is -3.32. The maximum Gasteiger partial charge on any atom is 0.265 e. The van der Waals surface area contributed by atoms with Gasteiger partial charge >= 0.3 is 0 Å². The second kappa shape index (κ2) is 10.1. The van der Waals surface area contributed by atoms with E-state index in [0.717, 1.165) is 5.56 Å². The number of anilines is 2. The van der Waals surface area contributed by atoms with Crippen LogP contribution in [0.15, 0.2) is 48.5 Å². The maximum atomic E-state index is 12.5. The molecule has 7 nitrogen and oxygen atoms in total. The smallest absolute Gasteiger partial charge is 0.265 e. The van der Waals surface area contributed by atoms with Gasteiger partial charge in [0.15, 0.2) is 6.61 Å². The van der Waals surface area contributed by atoms with Crippen molar-refractivity contribution in [3.8, 4) is 5.75 Å². The number of nitrogens with zero attached hydrogens (tertiary/aromatic N) is 2. The molecule has 1 heterocycles. The van der Waals surface area contributed by atoms with E-state index in [1.807, 2.05) is 13.8 Å². The van der Waals surface area contributed by atoms with Gasteiger partial charge in [0.05, 0.1) is 5.69 Å². The molecule has 0 atom stereocenters. The summed E-state index contributed by atoms with van der Waals surface area (Å²) < 4.78 is 5.48. The largest absolute Gasteiger partial charge is 0.482 e. The molecule has 3 rings (SSSR count). The number of rotatable bonds is 7. The van der Waals surface area contributed by atoms with Gasteiger partial charge in [-0.1, -0.05) is 23.7 Å². The highest BCUT2D eigenvalue weighted by atomic mass is 35.5. The van der Waals surface area contributed by atoms with Crippen molar-refractivity contribution in [3.63, 3.8) is 0 Å². The molecule has 0 saturated heterocycles. The average molecular weight is 442 g/mol. The number of carbonyl (C=O) groups excluding carboxylic acids is 3. The standard InChI is InChI=1S/C23H24ClN3O4/c1-3-26(4-2)22(29)14-27-19-13-18(10-11-20(19)31-15-23(27)30)25-21(28)12-7-16-5-8-17(24)9-6-16/h5-13H,3-4,14-15H2,1-2H3,(H,25,28)/b12-7+. The first-order valence-corrected chi connectivity index (χ1v) is 10.4. The highest BCUT2D eigenvalue weighted by molar-refractivity contribution is 6.30. The first-order valence-electron chi connectivity index (χ1n) is 10.0. The lowest BCUT2D eigenvalue weighted by Gasteiger charge is -2.31. The minimum atomic E-state index is -0.330. The zero-order chi connectivity index (χ0) is 22.4. The monoisotopic (exact) mass is 441 g/mol. The molecule has 8 heteroatoms. The second-order valence-corrected chi connectivity index (χ2v) is 7.33. The highest BCUT2D eigenvalue weighted by Gasteiger charge is 2.28. The molecular formula is C23H24ClN3O4. The van der Waals surface area contributed by atoms with Gasteiger partial charge < -0.3 is 15.0 Å². The zero-order valence-corrected chi connectivity index (χ0v) is 18.2. The summed E-state index contributed by atoms with van der Waals surface area (Å²) in [6.45, 7) is 4.70. The van der Waals surface area contributed by atoms with Crippen LogP contribution >= 0.6 is 11.6 Å². The van der Waals surface area contributed by atoms with Gasteiger partial charge in [-0.15, -0.1) is 0 Å². The molecule has 1 N–H and O–H groups in total. The number of hydrogen-bond donors (Lipinski definition) is 1. The predicted octanol–water partition coefficient (Wildman–Crippen LogP) is 3.59. The molecule has 1 aliphatic rings. The molecule has 0 bridgehead atoms. The van der Waals surface area contributed by atoms with Crippen molar-refractivity contribution in [2.45, 2.75) is 13.8 Å². The Morgan fingerprint density at radius 3 is 2.55 bits per heavy atom. The number of hydrogen-bond acceptors (Lipinski definition) is 4. The number of nitrogens with one attached hydrogen (secondary N) is 1. The molecule has 1 aliphatic heterocycles. The molecule has 3 amide bonds. The van der Waals surface area contributed by atoms with Crippen molar-refractivity contribution in [1.82, 2.24) is 4.90 Å². The van der Waals surface area contributed by atoms with Gasteiger partial charge in [-0.25, -0.2) is 0 Å². The van der Waals surface area contributed by atoms with E-state index in [1.54, 1.807) is 53.4 Å². The lowest BCUT2D eigenvalue weighted by molar-refractivity contribution is -0.131. The summed E-state index contributed by atoms with van der Waals surface area (Å²) in [6, 6.07) is 12.1. The fourth-order valence-corrected chi connectivity index (χ4v) is 3.32. The fraction of sp³-hybridized carbons (Fsp3) is 0.261. The number of ether oxygens (including phenoxy) is 1. The van der Waals surface area contributed by atoms with Crippen molar-refractivity contribution >= 4 is 46.8 Å². The van der Waals surface area contributed by atoms with Crippen molar-refractivity contribution in [1.29, 1.82) is 0 Å².